The Morgan fingerprint density at radius 3 is 2.36 bits per heavy atom. The van der Waals surface area contributed by atoms with Crippen LogP contribution in [0.5, 0.6) is 17.2 Å². The van der Waals surface area contributed by atoms with Gasteiger partial charge in [0.2, 0.25) is 0 Å². The fourth-order valence-electron chi connectivity index (χ4n) is 4.70. The second-order valence-corrected chi connectivity index (χ2v) is 9.72. The molecule has 2 heterocycles. The van der Waals surface area contributed by atoms with Gasteiger partial charge in [-0.1, -0.05) is 12.1 Å². The van der Waals surface area contributed by atoms with Gasteiger partial charge in [-0.2, -0.15) is 0 Å². The lowest BCUT2D eigenvalue weighted by atomic mass is 10.1. The van der Waals surface area contributed by atoms with E-state index in [1.165, 1.54) is 11.8 Å². The van der Waals surface area contributed by atoms with E-state index in [1.54, 1.807) is 55.4 Å². The summed E-state index contributed by atoms with van der Waals surface area (Å²) in [5, 5.41) is 2.95. The first kappa shape index (κ1) is 23.9. The second kappa shape index (κ2) is 9.66. The van der Waals surface area contributed by atoms with E-state index in [9.17, 15) is 9.59 Å². The van der Waals surface area contributed by atoms with Crippen LogP contribution in [-0.4, -0.2) is 50.5 Å². The number of carbonyl (C=O) groups excluding carboxylic acids is 2. The van der Waals surface area contributed by atoms with Gasteiger partial charge in [-0.15, -0.1) is 11.8 Å². The van der Waals surface area contributed by atoms with Crippen molar-refractivity contribution < 1.29 is 23.8 Å². The molecule has 2 aliphatic heterocycles. The van der Waals surface area contributed by atoms with E-state index in [0.29, 0.717) is 36.0 Å². The van der Waals surface area contributed by atoms with Crippen molar-refractivity contribution in [1.82, 2.24) is 4.90 Å². The van der Waals surface area contributed by atoms with E-state index in [1.807, 2.05) is 42.5 Å². The number of anilines is 2. The normalized spacial score (nSPS) is 18.4. The van der Waals surface area contributed by atoms with Gasteiger partial charge in [0, 0.05) is 23.5 Å². The highest BCUT2D eigenvalue weighted by Gasteiger charge is 2.59. The van der Waals surface area contributed by atoms with Crippen molar-refractivity contribution in [2.24, 2.45) is 0 Å². The fourth-order valence-corrected chi connectivity index (χ4v) is 6.15. The average molecular weight is 506 g/mol. The molecule has 8 nitrogen and oxygen atoms in total. The summed E-state index contributed by atoms with van der Waals surface area (Å²) in [7, 11) is 4.80. The summed E-state index contributed by atoms with van der Waals surface area (Å²) >= 11 is 1.47. The van der Waals surface area contributed by atoms with Crippen molar-refractivity contribution in [2.45, 2.75) is 11.4 Å². The van der Waals surface area contributed by atoms with Crippen LogP contribution in [0.4, 0.5) is 16.2 Å². The van der Waals surface area contributed by atoms with Crippen LogP contribution in [0.3, 0.4) is 0 Å². The second-order valence-electron chi connectivity index (χ2n) is 8.43. The molecule has 3 amide bonds. The molecule has 0 radical (unpaired) electrons. The minimum absolute atomic E-state index is 0.152. The van der Waals surface area contributed by atoms with Crippen LogP contribution < -0.4 is 24.4 Å². The molecule has 3 aromatic rings. The number of hydrogen-bond acceptors (Lipinski definition) is 6. The summed E-state index contributed by atoms with van der Waals surface area (Å²) in [5.74, 6) is 2.53. The minimum atomic E-state index is -1.18. The molecule has 36 heavy (non-hydrogen) atoms. The van der Waals surface area contributed by atoms with Crippen LogP contribution in [-0.2, 0) is 16.2 Å². The largest absolute Gasteiger partial charge is 0.497 e. The number of nitrogens with zero attached hydrogens (tertiary/aromatic N) is 2. The predicted octanol–water partition coefficient (Wildman–Crippen LogP) is 4.69. The number of carbonyl (C=O) groups is 2. The summed E-state index contributed by atoms with van der Waals surface area (Å²) in [4.78, 5) is 29.9. The summed E-state index contributed by atoms with van der Waals surface area (Å²) in [6.07, 6.45) is 0. The Hall–Kier alpha value is -3.85. The van der Waals surface area contributed by atoms with Crippen molar-refractivity contribution in [3.05, 3.63) is 77.9 Å². The monoisotopic (exact) mass is 505 g/mol. The quantitative estimate of drug-likeness (QED) is 0.524. The van der Waals surface area contributed by atoms with Crippen molar-refractivity contribution >= 4 is 35.1 Å². The Morgan fingerprint density at radius 2 is 1.64 bits per heavy atom. The van der Waals surface area contributed by atoms with Crippen LogP contribution in [0.2, 0.25) is 0 Å². The van der Waals surface area contributed by atoms with E-state index in [0.717, 1.165) is 22.6 Å². The number of methoxy groups -OCH3 is 3. The number of hydrogen-bond donors (Lipinski definition) is 1. The van der Waals surface area contributed by atoms with Gasteiger partial charge < -0.3 is 24.4 Å². The van der Waals surface area contributed by atoms with Crippen LogP contribution in [0.1, 0.15) is 11.1 Å². The number of rotatable bonds is 6. The molecule has 1 N–H and O–H groups in total. The van der Waals surface area contributed by atoms with E-state index >= 15 is 0 Å². The number of fused-ring (bicyclic) bond motifs is 2. The highest BCUT2D eigenvalue weighted by Crippen LogP contribution is 2.55. The number of urea groups is 1. The van der Waals surface area contributed by atoms with Gasteiger partial charge >= 0.3 is 6.03 Å². The molecule has 0 saturated carbocycles. The third kappa shape index (κ3) is 3.99. The number of benzene rings is 3. The Bertz CT molecular complexity index is 1300. The van der Waals surface area contributed by atoms with Gasteiger partial charge in [0.25, 0.3) is 5.91 Å². The van der Waals surface area contributed by atoms with Crippen LogP contribution in [0.25, 0.3) is 0 Å². The maximum atomic E-state index is 14.2. The molecule has 5 rings (SSSR count). The predicted molar refractivity (Wildman–Crippen MR) is 140 cm³/mol. The number of nitrogens with one attached hydrogen (secondary N) is 1. The SMILES string of the molecule is COc1ccc(NC(=O)N2CCS[C@]23C(=O)N(Cc2cccc(OC)c2)c2ccc(OC)cc23)cc1. The van der Waals surface area contributed by atoms with Crippen molar-refractivity contribution in [1.29, 1.82) is 0 Å². The molecule has 186 valence electrons. The van der Waals surface area contributed by atoms with Gasteiger partial charge in [0.05, 0.1) is 33.6 Å². The summed E-state index contributed by atoms with van der Waals surface area (Å²) < 4.78 is 16.1. The molecule has 0 aliphatic carbocycles. The minimum Gasteiger partial charge on any atom is -0.497 e. The highest BCUT2D eigenvalue weighted by atomic mass is 32.2. The maximum Gasteiger partial charge on any atom is 0.323 e. The van der Waals surface area contributed by atoms with Crippen LogP contribution in [0, 0.1) is 0 Å². The van der Waals surface area contributed by atoms with Gasteiger partial charge in [-0.25, -0.2) is 4.79 Å². The van der Waals surface area contributed by atoms with E-state index in [4.69, 9.17) is 14.2 Å². The molecule has 1 saturated heterocycles. The standard InChI is InChI=1S/C27H27N3O5S/c1-33-20-9-7-19(8-10-20)28-26(32)30-13-14-36-27(30)23-16-22(35-3)11-12-24(23)29(25(27)31)17-18-5-4-6-21(15-18)34-2/h4-12,15-16H,13-14,17H2,1-3H3,(H,28,32)/t27-/m1/s1. The molecular weight excluding hydrogens is 478 g/mol. The fraction of sp³-hybridized carbons (Fsp3) is 0.259. The van der Waals surface area contributed by atoms with Crippen LogP contribution >= 0.6 is 11.8 Å². The Kier molecular flexibility index (Phi) is 6.40. The molecule has 1 atom stereocenters. The zero-order valence-corrected chi connectivity index (χ0v) is 21.1. The highest BCUT2D eigenvalue weighted by molar-refractivity contribution is 8.01. The number of ether oxygens (including phenoxy) is 3. The smallest absolute Gasteiger partial charge is 0.323 e. The zero-order chi connectivity index (χ0) is 25.3. The first-order valence-electron chi connectivity index (χ1n) is 11.5. The Morgan fingerprint density at radius 1 is 0.944 bits per heavy atom. The molecule has 1 spiro atoms. The van der Waals surface area contributed by atoms with Gasteiger partial charge in [-0.3, -0.25) is 9.69 Å². The number of thioether (sulfide) groups is 1. The van der Waals surface area contributed by atoms with Gasteiger partial charge in [0.1, 0.15) is 17.2 Å². The molecule has 9 heteroatoms. The third-order valence-electron chi connectivity index (χ3n) is 6.46. The molecule has 0 unspecified atom stereocenters. The number of amides is 3. The lowest BCUT2D eigenvalue weighted by Crippen LogP contribution is -2.51. The lowest BCUT2D eigenvalue weighted by molar-refractivity contribution is -0.123. The zero-order valence-electron chi connectivity index (χ0n) is 20.3. The van der Waals surface area contributed by atoms with Gasteiger partial charge in [-0.05, 0) is 60.2 Å². The van der Waals surface area contributed by atoms with E-state index in [2.05, 4.69) is 5.32 Å². The molecule has 0 bridgehead atoms. The molecule has 1 fully saturated rings. The van der Waals surface area contributed by atoms with Gasteiger partial charge in [0.15, 0.2) is 4.87 Å². The van der Waals surface area contributed by atoms with Crippen molar-refractivity contribution in [2.75, 3.05) is 43.8 Å². The van der Waals surface area contributed by atoms with Crippen LogP contribution in [0.15, 0.2) is 66.7 Å². The lowest BCUT2D eigenvalue weighted by Gasteiger charge is -2.33. The van der Waals surface area contributed by atoms with Crippen molar-refractivity contribution in [3.63, 3.8) is 0 Å². The van der Waals surface area contributed by atoms with Crippen molar-refractivity contribution in [3.8, 4) is 17.2 Å². The molecule has 0 aromatic heterocycles. The maximum absolute atomic E-state index is 14.2. The summed E-state index contributed by atoms with van der Waals surface area (Å²) in [5.41, 5.74) is 3.07. The average Bonchev–Trinajstić information content (AvgIpc) is 3.46. The first-order chi connectivity index (χ1) is 17.5. The molecular formula is C27H27N3O5S. The summed E-state index contributed by atoms with van der Waals surface area (Å²) in [6, 6.07) is 20.0. The summed E-state index contributed by atoms with van der Waals surface area (Å²) in [6.45, 7) is 0.785. The Labute approximate surface area is 214 Å². The topological polar surface area (TPSA) is 80.3 Å². The third-order valence-corrected chi connectivity index (χ3v) is 7.88. The molecule has 3 aromatic carbocycles. The Balaban J connectivity index is 1.51. The van der Waals surface area contributed by atoms with E-state index in [-0.39, 0.29) is 11.9 Å². The first-order valence-corrected chi connectivity index (χ1v) is 12.5. The van der Waals surface area contributed by atoms with E-state index < -0.39 is 4.87 Å². The molecule has 2 aliphatic rings.